The molecule has 0 radical (unpaired) electrons. The molecule has 0 saturated heterocycles. The van der Waals surface area contributed by atoms with Crippen LogP contribution < -0.4 is 14.8 Å². The van der Waals surface area contributed by atoms with Crippen molar-refractivity contribution in [2.45, 2.75) is 65.0 Å². The molecular weight excluding hydrogens is 568 g/mol. The van der Waals surface area contributed by atoms with Crippen molar-refractivity contribution < 1.29 is 19.1 Å². The van der Waals surface area contributed by atoms with Gasteiger partial charge < -0.3 is 19.7 Å². The van der Waals surface area contributed by atoms with Crippen molar-refractivity contribution in [2.24, 2.45) is 0 Å². The molecule has 0 bridgehead atoms. The van der Waals surface area contributed by atoms with Crippen LogP contribution in [0.25, 0.3) is 0 Å². The summed E-state index contributed by atoms with van der Waals surface area (Å²) in [5.41, 5.74) is 2.98. The average Bonchev–Trinajstić information content (AvgIpc) is 2.94. The number of ether oxygens (including phenoxy) is 2. The maximum atomic E-state index is 13.9. The van der Waals surface area contributed by atoms with Gasteiger partial charge >= 0.3 is 0 Å². The highest BCUT2D eigenvalue weighted by molar-refractivity contribution is 9.10. The van der Waals surface area contributed by atoms with Crippen LogP contribution in [0.4, 0.5) is 0 Å². The number of unbranched alkanes of at least 4 members (excludes halogenated alkanes) is 1. The monoisotopic (exact) mass is 608 g/mol. The first-order valence-corrected chi connectivity index (χ1v) is 14.6. The van der Waals surface area contributed by atoms with Crippen LogP contribution in [-0.4, -0.2) is 43.0 Å². The molecule has 3 aromatic carbocycles. The van der Waals surface area contributed by atoms with Gasteiger partial charge in [-0.25, -0.2) is 0 Å². The van der Waals surface area contributed by atoms with E-state index in [1.165, 1.54) is 0 Å². The van der Waals surface area contributed by atoms with Crippen molar-refractivity contribution in [3.8, 4) is 11.5 Å². The maximum absolute atomic E-state index is 13.9. The SMILES string of the molecule is CCCCNC(=O)[C@@H](Cc1ccccc1)N(Cc1cccc(OC)c1)C(=O)COc1ccc(C(C)(C)C)cc1Br. The van der Waals surface area contributed by atoms with E-state index in [2.05, 4.69) is 48.9 Å². The molecule has 0 saturated carbocycles. The molecule has 0 aromatic heterocycles. The third-order valence-corrected chi connectivity index (χ3v) is 7.36. The van der Waals surface area contributed by atoms with Crippen LogP contribution in [0.5, 0.6) is 11.5 Å². The molecule has 0 aliphatic carbocycles. The summed E-state index contributed by atoms with van der Waals surface area (Å²) in [5.74, 6) is 0.816. The zero-order valence-electron chi connectivity index (χ0n) is 24.2. The second-order valence-electron chi connectivity index (χ2n) is 10.9. The molecule has 2 amide bonds. The zero-order valence-corrected chi connectivity index (χ0v) is 25.8. The van der Waals surface area contributed by atoms with Crippen molar-refractivity contribution in [2.75, 3.05) is 20.3 Å². The minimum atomic E-state index is -0.715. The lowest BCUT2D eigenvalue weighted by molar-refractivity contribution is -0.142. The van der Waals surface area contributed by atoms with E-state index in [-0.39, 0.29) is 30.4 Å². The van der Waals surface area contributed by atoms with Gasteiger partial charge in [0.2, 0.25) is 5.91 Å². The molecule has 6 nitrogen and oxygen atoms in total. The Hall–Kier alpha value is -3.32. The summed E-state index contributed by atoms with van der Waals surface area (Å²) in [4.78, 5) is 29.0. The van der Waals surface area contributed by atoms with E-state index in [1.54, 1.807) is 12.0 Å². The Morgan fingerprint density at radius 3 is 2.35 bits per heavy atom. The van der Waals surface area contributed by atoms with Crippen LogP contribution in [-0.2, 0) is 28.0 Å². The molecule has 40 heavy (non-hydrogen) atoms. The Morgan fingerprint density at radius 1 is 0.975 bits per heavy atom. The molecule has 1 N–H and O–H groups in total. The quantitative estimate of drug-likeness (QED) is 0.219. The smallest absolute Gasteiger partial charge is 0.261 e. The molecule has 0 spiro atoms. The third-order valence-electron chi connectivity index (χ3n) is 6.74. The molecule has 0 heterocycles. The number of carbonyl (C=O) groups is 2. The number of rotatable bonds is 13. The average molecular weight is 610 g/mol. The van der Waals surface area contributed by atoms with Gasteiger partial charge in [-0.3, -0.25) is 9.59 Å². The summed E-state index contributed by atoms with van der Waals surface area (Å²) in [5, 5.41) is 3.05. The molecule has 0 aliphatic heterocycles. The highest BCUT2D eigenvalue weighted by Crippen LogP contribution is 2.31. The number of hydrogen-bond acceptors (Lipinski definition) is 4. The number of benzene rings is 3. The van der Waals surface area contributed by atoms with Crippen LogP contribution in [0.1, 0.15) is 57.2 Å². The largest absolute Gasteiger partial charge is 0.497 e. The maximum Gasteiger partial charge on any atom is 0.261 e. The summed E-state index contributed by atoms with van der Waals surface area (Å²) in [7, 11) is 1.61. The Morgan fingerprint density at radius 2 is 1.70 bits per heavy atom. The van der Waals surface area contributed by atoms with Crippen LogP contribution >= 0.6 is 15.9 Å². The summed E-state index contributed by atoms with van der Waals surface area (Å²) in [6, 6.07) is 22.5. The number of methoxy groups -OCH3 is 1. The lowest BCUT2D eigenvalue weighted by Gasteiger charge is -2.31. The van der Waals surface area contributed by atoms with Crippen LogP contribution in [0.15, 0.2) is 77.3 Å². The fraction of sp³-hybridized carbons (Fsp3) is 0.394. The first-order valence-electron chi connectivity index (χ1n) is 13.8. The van der Waals surface area contributed by atoms with Crippen molar-refractivity contribution in [3.63, 3.8) is 0 Å². The lowest BCUT2D eigenvalue weighted by atomic mass is 9.87. The van der Waals surface area contributed by atoms with Crippen molar-refractivity contribution in [1.29, 1.82) is 0 Å². The summed E-state index contributed by atoms with van der Waals surface area (Å²) in [6.07, 6.45) is 2.22. The van der Waals surface area contributed by atoms with E-state index >= 15 is 0 Å². The van der Waals surface area contributed by atoms with Gasteiger partial charge in [0.15, 0.2) is 6.61 Å². The highest BCUT2D eigenvalue weighted by atomic mass is 79.9. The first kappa shape index (κ1) is 31.2. The molecule has 0 fully saturated rings. The van der Waals surface area contributed by atoms with E-state index in [1.807, 2.05) is 72.8 Å². The van der Waals surface area contributed by atoms with E-state index in [4.69, 9.17) is 9.47 Å². The summed E-state index contributed by atoms with van der Waals surface area (Å²) >= 11 is 3.60. The number of nitrogens with one attached hydrogen (secondary N) is 1. The van der Waals surface area contributed by atoms with E-state index in [0.717, 1.165) is 34.0 Å². The van der Waals surface area contributed by atoms with Crippen molar-refractivity contribution >= 4 is 27.7 Å². The Labute approximate surface area is 247 Å². The Balaban J connectivity index is 1.91. The van der Waals surface area contributed by atoms with Gasteiger partial charge in [0.25, 0.3) is 5.91 Å². The topological polar surface area (TPSA) is 67.9 Å². The molecule has 214 valence electrons. The van der Waals surface area contributed by atoms with Gasteiger partial charge in [0.1, 0.15) is 17.5 Å². The van der Waals surface area contributed by atoms with Crippen LogP contribution in [0.2, 0.25) is 0 Å². The number of nitrogens with zero attached hydrogens (tertiary/aromatic N) is 1. The molecule has 7 heteroatoms. The van der Waals surface area contributed by atoms with Gasteiger partial charge in [-0.05, 0) is 68.7 Å². The number of carbonyl (C=O) groups excluding carboxylic acids is 2. The molecule has 1 atom stereocenters. The minimum absolute atomic E-state index is 0.0137. The molecule has 3 rings (SSSR count). The first-order chi connectivity index (χ1) is 19.1. The van der Waals surface area contributed by atoms with Crippen LogP contribution in [0, 0.1) is 0 Å². The molecule has 0 unspecified atom stereocenters. The fourth-order valence-corrected chi connectivity index (χ4v) is 4.83. The second kappa shape index (κ2) is 14.9. The standard InChI is InChI=1S/C33H41BrN2O4/c1-6-7-18-35-32(38)29(20-24-12-9-8-10-13-24)36(22-25-14-11-15-27(19-25)39-5)31(37)23-40-30-17-16-26(21-28(30)34)33(2,3)4/h8-17,19,21,29H,6-7,18,20,22-23H2,1-5H3,(H,35,38)/t29-/m1/s1. The van der Waals surface area contributed by atoms with Gasteiger partial charge in [0, 0.05) is 19.5 Å². The highest BCUT2D eigenvalue weighted by Gasteiger charge is 2.31. The summed E-state index contributed by atoms with van der Waals surface area (Å²) < 4.78 is 12.2. The van der Waals surface area contributed by atoms with Gasteiger partial charge in [-0.1, -0.05) is 82.6 Å². The minimum Gasteiger partial charge on any atom is -0.497 e. The van der Waals surface area contributed by atoms with E-state index in [0.29, 0.717) is 24.5 Å². The third kappa shape index (κ3) is 9.12. The fourth-order valence-electron chi connectivity index (χ4n) is 4.33. The lowest BCUT2D eigenvalue weighted by Crippen LogP contribution is -2.51. The number of hydrogen-bond donors (Lipinski definition) is 1. The van der Waals surface area contributed by atoms with E-state index in [9.17, 15) is 9.59 Å². The molecular formula is C33H41BrN2O4. The number of amides is 2. The normalized spacial score (nSPS) is 11.9. The van der Waals surface area contributed by atoms with Gasteiger partial charge in [-0.15, -0.1) is 0 Å². The Kier molecular flexibility index (Phi) is 11.6. The second-order valence-corrected chi connectivity index (χ2v) is 11.8. The predicted octanol–water partition coefficient (Wildman–Crippen LogP) is 6.69. The van der Waals surface area contributed by atoms with Gasteiger partial charge in [-0.2, -0.15) is 0 Å². The van der Waals surface area contributed by atoms with Crippen molar-refractivity contribution in [3.05, 3.63) is 94.0 Å². The molecule has 0 aliphatic rings. The van der Waals surface area contributed by atoms with Crippen LogP contribution in [0.3, 0.4) is 0 Å². The van der Waals surface area contributed by atoms with E-state index < -0.39 is 6.04 Å². The zero-order chi connectivity index (χ0) is 29.1. The van der Waals surface area contributed by atoms with Crippen molar-refractivity contribution in [1.82, 2.24) is 10.2 Å². The summed E-state index contributed by atoms with van der Waals surface area (Å²) in [6.45, 7) is 9.11. The number of halogens is 1. The molecule has 3 aromatic rings. The Bertz CT molecular complexity index is 1260. The van der Waals surface area contributed by atoms with Gasteiger partial charge in [0.05, 0.1) is 11.6 Å². The predicted molar refractivity (Wildman–Crippen MR) is 164 cm³/mol.